The van der Waals surface area contributed by atoms with Gasteiger partial charge in [0.25, 0.3) is 0 Å². The minimum Gasteiger partial charge on any atom is -0.494 e. The van der Waals surface area contributed by atoms with Crippen LogP contribution in [0.25, 0.3) is 17.1 Å². The molecule has 0 saturated carbocycles. The van der Waals surface area contributed by atoms with Gasteiger partial charge in [0.1, 0.15) is 22.9 Å². The molecule has 1 atom stereocenters. The SMILES string of the molecule is COc1cccc(OC)c1-n1c(CS(=O)(=O)C[C@@H](O)C2(C)COC2)nnc1-c1cncc(C)c1. The summed E-state index contributed by atoms with van der Waals surface area (Å²) in [6.07, 6.45) is 2.30. The Hall–Kier alpha value is -3.02. The summed E-state index contributed by atoms with van der Waals surface area (Å²) in [5.74, 6) is 0.627. The number of hydrogen-bond donors (Lipinski definition) is 1. The number of sulfone groups is 1. The molecule has 10 nitrogen and oxygen atoms in total. The molecule has 0 aliphatic carbocycles. The lowest BCUT2D eigenvalue weighted by Gasteiger charge is -2.41. The molecule has 0 amide bonds. The summed E-state index contributed by atoms with van der Waals surface area (Å²) in [5.41, 5.74) is 1.46. The van der Waals surface area contributed by atoms with Crippen molar-refractivity contribution >= 4 is 9.84 Å². The summed E-state index contributed by atoms with van der Waals surface area (Å²) in [6.45, 7) is 4.35. The molecular formula is C23H28N4O6S. The van der Waals surface area contributed by atoms with Crippen molar-refractivity contribution in [1.29, 1.82) is 0 Å². The van der Waals surface area contributed by atoms with Crippen LogP contribution in [-0.2, 0) is 20.3 Å². The average Bonchev–Trinajstić information content (AvgIpc) is 3.18. The molecule has 4 rings (SSSR count). The number of benzene rings is 1. The third-order valence-electron chi connectivity index (χ3n) is 5.92. The number of aliphatic hydroxyl groups excluding tert-OH is 1. The molecule has 2 aromatic heterocycles. The van der Waals surface area contributed by atoms with Crippen LogP contribution >= 0.6 is 0 Å². The molecule has 0 unspecified atom stereocenters. The van der Waals surface area contributed by atoms with Crippen molar-refractivity contribution in [3.05, 3.63) is 48.0 Å². The normalized spacial score (nSPS) is 16.0. The van der Waals surface area contributed by atoms with Gasteiger partial charge in [0.2, 0.25) is 0 Å². The lowest BCUT2D eigenvalue weighted by Crippen LogP contribution is -2.51. The smallest absolute Gasteiger partial charge is 0.170 e. The van der Waals surface area contributed by atoms with Crippen LogP contribution in [0.5, 0.6) is 11.5 Å². The zero-order valence-corrected chi connectivity index (χ0v) is 20.4. The van der Waals surface area contributed by atoms with Crippen molar-refractivity contribution in [3.63, 3.8) is 0 Å². The van der Waals surface area contributed by atoms with Gasteiger partial charge in [-0.3, -0.25) is 9.55 Å². The van der Waals surface area contributed by atoms with Crippen LogP contribution in [0.2, 0.25) is 0 Å². The fraction of sp³-hybridized carbons (Fsp3) is 0.435. The maximum absolute atomic E-state index is 13.1. The minimum atomic E-state index is -3.77. The molecule has 1 aliphatic rings. The highest BCUT2D eigenvalue weighted by Crippen LogP contribution is 2.37. The quantitative estimate of drug-likeness (QED) is 0.481. The van der Waals surface area contributed by atoms with Gasteiger partial charge in [-0.15, -0.1) is 10.2 Å². The number of para-hydroxylation sites is 1. The van der Waals surface area contributed by atoms with E-state index in [4.69, 9.17) is 14.2 Å². The van der Waals surface area contributed by atoms with Crippen LogP contribution in [0.3, 0.4) is 0 Å². The number of aliphatic hydroxyl groups is 1. The van der Waals surface area contributed by atoms with E-state index in [1.54, 1.807) is 35.2 Å². The first kappa shape index (κ1) is 24.1. The molecule has 1 N–H and O–H groups in total. The topological polar surface area (TPSA) is 126 Å². The molecular weight excluding hydrogens is 460 g/mol. The molecule has 182 valence electrons. The van der Waals surface area contributed by atoms with Crippen LogP contribution in [0.4, 0.5) is 0 Å². The molecule has 11 heteroatoms. The highest BCUT2D eigenvalue weighted by atomic mass is 32.2. The van der Waals surface area contributed by atoms with Gasteiger partial charge >= 0.3 is 0 Å². The molecule has 0 spiro atoms. The Bertz CT molecular complexity index is 1260. The molecule has 1 saturated heterocycles. The lowest BCUT2D eigenvalue weighted by molar-refractivity contribution is -0.154. The van der Waals surface area contributed by atoms with Crippen LogP contribution in [0.15, 0.2) is 36.7 Å². The summed E-state index contributed by atoms with van der Waals surface area (Å²) >= 11 is 0. The molecule has 0 bridgehead atoms. The monoisotopic (exact) mass is 488 g/mol. The predicted molar refractivity (Wildman–Crippen MR) is 125 cm³/mol. The van der Waals surface area contributed by atoms with Gasteiger partial charge in [-0.1, -0.05) is 13.0 Å². The summed E-state index contributed by atoms with van der Waals surface area (Å²) in [7, 11) is -0.729. The second-order valence-electron chi connectivity index (χ2n) is 8.75. The second kappa shape index (κ2) is 9.32. The predicted octanol–water partition coefficient (Wildman–Crippen LogP) is 1.97. The van der Waals surface area contributed by atoms with E-state index >= 15 is 0 Å². The number of methoxy groups -OCH3 is 2. The first-order valence-electron chi connectivity index (χ1n) is 10.7. The van der Waals surface area contributed by atoms with E-state index in [1.165, 1.54) is 14.2 Å². The lowest BCUT2D eigenvalue weighted by atomic mass is 9.83. The van der Waals surface area contributed by atoms with Crippen LogP contribution in [0, 0.1) is 12.3 Å². The Morgan fingerprint density at radius 2 is 1.85 bits per heavy atom. The van der Waals surface area contributed by atoms with Crippen LogP contribution in [-0.4, -0.2) is 72.6 Å². The number of nitrogens with zero attached hydrogens (tertiary/aromatic N) is 4. The van der Waals surface area contributed by atoms with Gasteiger partial charge < -0.3 is 19.3 Å². The van der Waals surface area contributed by atoms with Crippen molar-refractivity contribution in [3.8, 4) is 28.6 Å². The van der Waals surface area contributed by atoms with E-state index < -0.39 is 32.9 Å². The third-order valence-corrected chi connectivity index (χ3v) is 7.44. The van der Waals surface area contributed by atoms with Crippen molar-refractivity contribution in [2.24, 2.45) is 5.41 Å². The van der Waals surface area contributed by atoms with Crippen molar-refractivity contribution in [2.75, 3.05) is 33.2 Å². The minimum absolute atomic E-state index is 0.168. The van der Waals surface area contributed by atoms with E-state index in [1.807, 2.05) is 19.9 Å². The molecule has 1 aliphatic heterocycles. The Labute approximate surface area is 198 Å². The van der Waals surface area contributed by atoms with Crippen LogP contribution < -0.4 is 9.47 Å². The Balaban J connectivity index is 1.82. The summed E-state index contributed by atoms with van der Waals surface area (Å²) < 4.78 is 44.2. The Morgan fingerprint density at radius 3 is 2.41 bits per heavy atom. The number of aromatic nitrogens is 4. The van der Waals surface area contributed by atoms with E-state index in [9.17, 15) is 13.5 Å². The van der Waals surface area contributed by atoms with Gasteiger partial charge in [-0.05, 0) is 30.7 Å². The Kier molecular flexibility index (Phi) is 6.61. The fourth-order valence-electron chi connectivity index (χ4n) is 3.87. The average molecular weight is 489 g/mol. The molecule has 34 heavy (non-hydrogen) atoms. The van der Waals surface area contributed by atoms with Gasteiger partial charge in [0, 0.05) is 23.4 Å². The number of aryl methyl sites for hydroxylation is 1. The molecule has 1 aromatic carbocycles. The first-order valence-corrected chi connectivity index (χ1v) is 12.5. The number of pyridine rings is 1. The fourth-order valence-corrected chi connectivity index (χ4v) is 5.46. The summed E-state index contributed by atoms with van der Waals surface area (Å²) in [5, 5.41) is 19.1. The highest BCUT2D eigenvalue weighted by molar-refractivity contribution is 7.90. The first-order chi connectivity index (χ1) is 16.2. The standard InChI is InChI=1S/C23H28N4O6S/c1-15-8-16(10-24-9-15)22-26-25-20(12-34(29,30)11-19(28)23(2)13-33-14-23)27(22)21-17(31-3)6-5-7-18(21)32-4/h5-10,19,28H,11-14H2,1-4H3/t19-/m1/s1. The van der Waals surface area contributed by atoms with Gasteiger partial charge in [0.05, 0.1) is 39.3 Å². The number of rotatable bonds is 9. The third kappa shape index (κ3) is 4.63. The van der Waals surface area contributed by atoms with E-state index in [0.29, 0.717) is 41.8 Å². The maximum Gasteiger partial charge on any atom is 0.170 e. The van der Waals surface area contributed by atoms with Gasteiger partial charge in [-0.25, -0.2) is 8.42 Å². The largest absolute Gasteiger partial charge is 0.494 e. The van der Waals surface area contributed by atoms with Crippen molar-refractivity contribution in [2.45, 2.75) is 25.7 Å². The zero-order valence-electron chi connectivity index (χ0n) is 19.6. The van der Waals surface area contributed by atoms with Crippen molar-refractivity contribution < 1.29 is 27.7 Å². The van der Waals surface area contributed by atoms with E-state index in [-0.39, 0.29) is 5.82 Å². The molecule has 3 aromatic rings. The summed E-state index contributed by atoms with van der Waals surface area (Å²) in [6, 6.07) is 7.15. The highest BCUT2D eigenvalue weighted by Gasteiger charge is 2.42. The van der Waals surface area contributed by atoms with Crippen molar-refractivity contribution in [1.82, 2.24) is 19.7 Å². The molecule has 0 radical (unpaired) electrons. The van der Waals surface area contributed by atoms with E-state index in [0.717, 1.165) is 5.56 Å². The summed E-state index contributed by atoms with van der Waals surface area (Å²) in [4.78, 5) is 4.24. The van der Waals surface area contributed by atoms with E-state index in [2.05, 4.69) is 15.2 Å². The second-order valence-corrected chi connectivity index (χ2v) is 10.9. The van der Waals surface area contributed by atoms with Gasteiger partial charge in [0.15, 0.2) is 21.5 Å². The maximum atomic E-state index is 13.1. The zero-order chi connectivity index (χ0) is 24.5. The number of ether oxygens (including phenoxy) is 3. The van der Waals surface area contributed by atoms with Gasteiger partial charge in [-0.2, -0.15) is 0 Å². The number of hydrogen-bond acceptors (Lipinski definition) is 9. The molecule has 3 heterocycles. The van der Waals surface area contributed by atoms with Crippen LogP contribution in [0.1, 0.15) is 18.3 Å². The molecule has 1 fully saturated rings. The Morgan fingerprint density at radius 1 is 1.18 bits per heavy atom.